The van der Waals surface area contributed by atoms with E-state index in [9.17, 15) is 4.39 Å². The fourth-order valence-corrected chi connectivity index (χ4v) is 1.12. The minimum atomic E-state index is -1.46. The molecule has 0 aromatic carbocycles. The van der Waals surface area contributed by atoms with Crippen molar-refractivity contribution in [2.24, 2.45) is 5.73 Å². The molecule has 0 fully saturated rings. The largest absolute Gasteiger partial charge is 0.327 e. The molecule has 3 heteroatoms. The van der Waals surface area contributed by atoms with Crippen molar-refractivity contribution in [3.05, 3.63) is 29.6 Å². The maximum atomic E-state index is 13.6. The van der Waals surface area contributed by atoms with Crippen molar-refractivity contribution in [2.45, 2.75) is 19.5 Å². The molecule has 1 unspecified atom stereocenters. The van der Waals surface area contributed by atoms with Gasteiger partial charge in [0.05, 0.1) is 0 Å². The first-order valence-electron chi connectivity index (χ1n) is 3.88. The number of halogens is 1. The minimum absolute atomic E-state index is 0.0144. The average molecular weight is 168 g/mol. The molecule has 66 valence electrons. The van der Waals surface area contributed by atoms with E-state index in [1.807, 2.05) is 6.92 Å². The maximum absolute atomic E-state index is 13.6. The monoisotopic (exact) mass is 168 g/mol. The molecule has 1 aromatic rings. The molecule has 0 aliphatic heterocycles. The molecule has 0 saturated heterocycles. The fourth-order valence-electron chi connectivity index (χ4n) is 1.12. The smallest absolute Gasteiger partial charge is 0.147 e. The van der Waals surface area contributed by atoms with Crippen LogP contribution in [0.3, 0.4) is 0 Å². The molecule has 1 atom stereocenters. The molecule has 2 nitrogen and oxygen atoms in total. The summed E-state index contributed by atoms with van der Waals surface area (Å²) >= 11 is 0. The first-order chi connectivity index (χ1) is 5.58. The quantitative estimate of drug-likeness (QED) is 0.727. The molecule has 0 radical (unpaired) electrons. The SMILES string of the molecule is Cc1ccncc1C(C)(F)CN. The van der Waals surface area contributed by atoms with E-state index in [0.717, 1.165) is 5.56 Å². The number of nitrogens with zero attached hydrogens (tertiary/aromatic N) is 1. The summed E-state index contributed by atoms with van der Waals surface area (Å²) < 4.78 is 13.6. The van der Waals surface area contributed by atoms with Gasteiger partial charge < -0.3 is 5.73 Å². The molecule has 1 rings (SSSR count). The van der Waals surface area contributed by atoms with Gasteiger partial charge in [-0.05, 0) is 25.5 Å². The molecule has 2 N–H and O–H groups in total. The van der Waals surface area contributed by atoms with Crippen LogP contribution >= 0.6 is 0 Å². The highest BCUT2D eigenvalue weighted by Gasteiger charge is 2.25. The van der Waals surface area contributed by atoms with Crippen LogP contribution in [-0.2, 0) is 5.67 Å². The van der Waals surface area contributed by atoms with Crippen molar-refractivity contribution >= 4 is 0 Å². The van der Waals surface area contributed by atoms with Crippen molar-refractivity contribution in [1.82, 2.24) is 4.98 Å². The summed E-state index contributed by atoms with van der Waals surface area (Å²) in [5.74, 6) is 0. The van der Waals surface area contributed by atoms with E-state index >= 15 is 0 Å². The Morgan fingerprint density at radius 3 is 2.83 bits per heavy atom. The number of pyridine rings is 1. The predicted molar refractivity (Wildman–Crippen MR) is 46.5 cm³/mol. The van der Waals surface area contributed by atoms with Gasteiger partial charge in [0.25, 0.3) is 0 Å². The van der Waals surface area contributed by atoms with E-state index in [-0.39, 0.29) is 6.54 Å². The lowest BCUT2D eigenvalue weighted by atomic mass is 9.96. The van der Waals surface area contributed by atoms with Gasteiger partial charge in [-0.1, -0.05) is 0 Å². The lowest BCUT2D eigenvalue weighted by Gasteiger charge is -2.19. The first-order valence-corrected chi connectivity index (χ1v) is 3.88. The van der Waals surface area contributed by atoms with Crippen LogP contribution in [0.2, 0.25) is 0 Å². The Morgan fingerprint density at radius 1 is 1.67 bits per heavy atom. The normalized spacial score (nSPS) is 15.7. The molecule has 0 bridgehead atoms. The summed E-state index contributed by atoms with van der Waals surface area (Å²) in [6.07, 6.45) is 3.17. The lowest BCUT2D eigenvalue weighted by molar-refractivity contribution is 0.202. The first kappa shape index (κ1) is 9.13. The Hall–Kier alpha value is -0.960. The Balaban J connectivity index is 3.10. The fraction of sp³-hybridized carbons (Fsp3) is 0.444. The molecular formula is C9H13FN2. The van der Waals surface area contributed by atoms with E-state index in [0.29, 0.717) is 5.56 Å². The van der Waals surface area contributed by atoms with Crippen LogP contribution in [0, 0.1) is 6.92 Å². The van der Waals surface area contributed by atoms with E-state index in [1.54, 1.807) is 12.3 Å². The molecule has 1 aromatic heterocycles. The number of aryl methyl sites for hydroxylation is 1. The van der Waals surface area contributed by atoms with Gasteiger partial charge >= 0.3 is 0 Å². The van der Waals surface area contributed by atoms with Crippen LogP contribution in [0.25, 0.3) is 0 Å². The summed E-state index contributed by atoms with van der Waals surface area (Å²) in [4.78, 5) is 3.86. The lowest BCUT2D eigenvalue weighted by Crippen LogP contribution is -2.27. The molecule has 0 amide bonds. The van der Waals surface area contributed by atoms with E-state index in [1.165, 1.54) is 13.1 Å². The third-order valence-corrected chi connectivity index (χ3v) is 1.98. The zero-order valence-corrected chi connectivity index (χ0v) is 7.34. The minimum Gasteiger partial charge on any atom is -0.327 e. The number of aromatic nitrogens is 1. The molecule has 0 spiro atoms. The zero-order valence-electron chi connectivity index (χ0n) is 7.34. The van der Waals surface area contributed by atoms with E-state index < -0.39 is 5.67 Å². The van der Waals surface area contributed by atoms with Crippen LogP contribution in [0.15, 0.2) is 18.5 Å². The van der Waals surface area contributed by atoms with E-state index in [4.69, 9.17) is 5.73 Å². The van der Waals surface area contributed by atoms with Gasteiger partial charge in [-0.2, -0.15) is 0 Å². The second-order valence-corrected chi connectivity index (χ2v) is 3.09. The summed E-state index contributed by atoms with van der Waals surface area (Å²) in [5.41, 5.74) is 5.31. The highest BCUT2D eigenvalue weighted by atomic mass is 19.1. The Labute approximate surface area is 71.6 Å². The van der Waals surface area contributed by atoms with Gasteiger partial charge in [-0.15, -0.1) is 0 Å². The molecule has 0 saturated carbocycles. The predicted octanol–water partition coefficient (Wildman–Crippen LogP) is 1.53. The van der Waals surface area contributed by atoms with Crippen molar-refractivity contribution in [1.29, 1.82) is 0 Å². The summed E-state index contributed by atoms with van der Waals surface area (Å²) in [6.45, 7) is 3.31. The number of rotatable bonds is 2. The highest BCUT2D eigenvalue weighted by molar-refractivity contribution is 5.27. The number of hydrogen-bond donors (Lipinski definition) is 1. The second kappa shape index (κ2) is 3.19. The number of alkyl halides is 1. The molecule has 1 heterocycles. The van der Waals surface area contributed by atoms with Gasteiger partial charge in [-0.3, -0.25) is 4.98 Å². The van der Waals surface area contributed by atoms with Gasteiger partial charge in [0, 0.05) is 24.5 Å². The number of hydrogen-bond acceptors (Lipinski definition) is 2. The van der Waals surface area contributed by atoms with E-state index in [2.05, 4.69) is 4.98 Å². The van der Waals surface area contributed by atoms with Gasteiger partial charge in [0.15, 0.2) is 0 Å². The summed E-state index contributed by atoms with van der Waals surface area (Å²) in [6, 6.07) is 1.78. The van der Waals surface area contributed by atoms with Crippen LogP contribution in [0.5, 0.6) is 0 Å². The van der Waals surface area contributed by atoms with Crippen LogP contribution in [0.4, 0.5) is 4.39 Å². The molecule has 12 heavy (non-hydrogen) atoms. The van der Waals surface area contributed by atoms with Crippen molar-refractivity contribution < 1.29 is 4.39 Å². The van der Waals surface area contributed by atoms with Gasteiger partial charge in [0.1, 0.15) is 5.67 Å². The standard InChI is InChI=1S/C9H13FN2/c1-7-3-4-12-5-8(7)9(2,10)6-11/h3-5H,6,11H2,1-2H3. The zero-order chi connectivity index (χ0) is 9.19. The van der Waals surface area contributed by atoms with Crippen molar-refractivity contribution in [2.75, 3.05) is 6.54 Å². The Bertz CT molecular complexity index is 271. The second-order valence-electron chi connectivity index (χ2n) is 3.09. The number of nitrogens with two attached hydrogens (primary N) is 1. The van der Waals surface area contributed by atoms with Gasteiger partial charge in [-0.25, -0.2) is 4.39 Å². The maximum Gasteiger partial charge on any atom is 0.147 e. The average Bonchev–Trinajstić information content (AvgIpc) is 2.05. The van der Waals surface area contributed by atoms with Crippen LogP contribution < -0.4 is 5.73 Å². The molecule has 0 aliphatic rings. The summed E-state index contributed by atoms with van der Waals surface area (Å²) in [5, 5.41) is 0. The third kappa shape index (κ3) is 1.61. The van der Waals surface area contributed by atoms with Crippen LogP contribution in [-0.4, -0.2) is 11.5 Å². The van der Waals surface area contributed by atoms with Gasteiger partial charge in [0.2, 0.25) is 0 Å². The Morgan fingerprint density at radius 2 is 2.33 bits per heavy atom. The highest BCUT2D eigenvalue weighted by Crippen LogP contribution is 2.25. The topological polar surface area (TPSA) is 38.9 Å². The summed E-state index contributed by atoms with van der Waals surface area (Å²) in [7, 11) is 0. The van der Waals surface area contributed by atoms with Crippen LogP contribution in [0.1, 0.15) is 18.1 Å². The molecule has 0 aliphatic carbocycles. The molecular weight excluding hydrogens is 155 g/mol. The Kier molecular flexibility index (Phi) is 2.43. The van der Waals surface area contributed by atoms with Crippen molar-refractivity contribution in [3.63, 3.8) is 0 Å². The van der Waals surface area contributed by atoms with Crippen molar-refractivity contribution in [3.8, 4) is 0 Å². The third-order valence-electron chi connectivity index (χ3n) is 1.98.